The first kappa shape index (κ1) is 12.7. The van der Waals surface area contributed by atoms with Gasteiger partial charge in [-0.2, -0.15) is 0 Å². The Morgan fingerprint density at radius 2 is 2.18 bits per heavy atom. The minimum atomic E-state index is -1.33. The molecule has 17 heavy (non-hydrogen) atoms. The Balaban J connectivity index is 2.75. The van der Waals surface area contributed by atoms with Crippen LogP contribution in [0.2, 0.25) is 0 Å². The third-order valence-corrected chi connectivity index (χ3v) is 1.73. The number of carbonyl (C=O) groups excluding carboxylic acids is 1. The summed E-state index contributed by atoms with van der Waals surface area (Å²) in [6.07, 6.45) is 2.70. The van der Waals surface area contributed by atoms with Crippen molar-refractivity contribution in [3.05, 3.63) is 35.9 Å². The van der Waals surface area contributed by atoms with Crippen molar-refractivity contribution in [1.82, 2.24) is 4.98 Å². The molecule has 90 valence electrons. The average molecular weight is 236 g/mol. The number of rotatable bonds is 4. The molecule has 2 N–H and O–H groups in total. The van der Waals surface area contributed by atoms with Gasteiger partial charge in [0.05, 0.1) is 6.20 Å². The average Bonchev–Trinajstić information content (AvgIpc) is 2.25. The van der Waals surface area contributed by atoms with E-state index in [2.05, 4.69) is 15.0 Å². The molecule has 1 rings (SSSR count). The number of carbonyl (C=O) groups is 2. The highest BCUT2D eigenvalue weighted by molar-refractivity contribution is 5.87. The molecule has 0 bridgehead atoms. The summed E-state index contributed by atoms with van der Waals surface area (Å²) in [5, 5.41) is 11.4. The minimum Gasteiger partial charge on any atom is -0.475 e. The Bertz CT molecular complexity index is 451. The molecular formula is C11H12N2O4. The van der Waals surface area contributed by atoms with Crippen molar-refractivity contribution < 1.29 is 19.4 Å². The molecule has 1 aromatic rings. The van der Waals surface area contributed by atoms with E-state index in [1.54, 1.807) is 12.3 Å². The first-order valence-electron chi connectivity index (χ1n) is 4.80. The molecule has 1 aromatic heterocycles. The van der Waals surface area contributed by atoms with Crippen molar-refractivity contribution >= 4 is 17.8 Å². The van der Waals surface area contributed by atoms with Crippen LogP contribution < -0.4 is 5.32 Å². The Morgan fingerprint density at radius 3 is 2.65 bits per heavy atom. The highest BCUT2D eigenvalue weighted by Crippen LogP contribution is 2.05. The predicted octanol–water partition coefficient (Wildman–Crippen LogP) is 1.29. The van der Waals surface area contributed by atoms with E-state index in [1.165, 1.54) is 0 Å². The van der Waals surface area contributed by atoms with Crippen LogP contribution in [0.3, 0.4) is 0 Å². The van der Waals surface area contributed by atoms with Gasteiger partial charge in [-0.1, -0.05) is 6.07 Å². The van der Waals surface area contributed by atoms with Crippen molar-refractivity contribution in [1.29, 1.82) is 0 Å². The number of hydrogen-bond acceptors (Lipinski definition) is 5. The Morgan fingerprint density at radius 1 is 1.47 bits per heavy atom. The lowest BCUT2D eigenvalue weighted by Gasteiger charge is -2.03. The SMILES string of the molecule is CC(=O)O/C(=C\Nc1ccc(C)cn1)C(=O)O. The Kier molecular flexibility index (Phi) is 4.21. The zero-order chi connectivity index (χ0) is 12.8. The van der Waals surface area contributed by atoms with Gasteiger partial charge < -0.3 is 15.2 Å². The number of aliphatic carboxylic acids is 1. The van der Waals surface area contributed by atoms with E-state index in [-0.39, 0.29) is 0 Å². The number of hydrogen-bond donors (Lipinski definition) is 2. The number of ether oxygens (including phenoxy) is 1. The van der Waals surface area contributed by atoms with Gasteiger partial charge in [0.15, 0.2) is 0 Å². The molecule has 6 nitrogen and oxygen atoms in total. The minimum absolute atomic E-state index is 0.460. The van der Waals surface area contributed by atoms with Crippen LogP contribution >= 0.6 is 0 Å². The lowest BCUT2D eigenvalue weighted by Crippen LogP contribution is -2.10. The molecule has 0 spiro atoms. The van der Waals surface area contributed by atoms with Gasteiger partial charge in [-0.15, -0.1) is 0 Å². The van der Waals surface area contributed by atoms with Crippen LogP contribution in [0.25, 0.3) is 0 Å². The van der Waals surface area contributed by atoms with Crippen LogP contribution in [0.5, 0.6) is 0 Å². The number of aromatic nitrogens is 1. The molecule has 0 saturated carbocycles. The molecule has 0 aliphatic rings. The summed E-state index contributed by atoms with van der Waals surface area (Å²) < 4.78 is 4.49. The summed E-state index contributed by atoms with van der Waals surface area (Å²) in [7, 11) is 0. The van der Waals surface area contributed by atoms with Gasteiger partial charge in [-0.25, -0.2) is 9.78 Å². The van der Waals surface area contributed by atoms with E-state index < -0.39 is 17.7 Å². The summed E-state index contributed by atoms with van der Waals surface area (Å²) in [6.45, 7) is 3.01. The second-order valence-corrected chi connectivity index (χ2v) is 3.27. The zero-order valence-corrected chi connectivity index (χ0v) is 9.43. The molecule has 0 aromatic carbocycles. The second-order valence-electron chi connectivity index (χ2n) is 3.27. The van der Waals surface area contributed by atoms with Gasteiger partial charge in [-0.3, -0.25) is 4.79 Å². The topological polar surface area (TPSA) is 88.5 Å². The van der Waals surface area contributed by atoms with Crippen LogP contribution in [0.4, 0.5) is 5.82 Å². The van der Waals surface area contributed by atoms with E-state index >= 15 is 0 Å². The van der Waals surface area contributed by atoms with Crippen LogP contribution in [-0.4, -0.2) is 22.0 Å². The third kappa shape index (κ3) is 4.33. The fraction of sp³-hybridized carbons (Fsp3) is 0.182. The van der Waals surface area contributed by atoms with Crippen molar-refractivity contribution in [2.24, 2.45) is 0 Å². The van der Waals surface area contributed by atoms with Crippen LogP contribution in [-0.2, 0) is 14.3 Å². The molecule has 0 fully saturated rings. The van der Waals surface area contributed by atoms with Crippen molar-refractivity contribution in [3.63, 3.8) is 0 Å². The van der Waals surface area contributed by atoms with E-state index in [4.69, 9.17) is 5.11 Å². The fourth-order valence-corrected chi connectivity index (χ4v) is 0.982. The van der Waals surface area contributed by atoms with Gasteiger partial charge in [0, 0.05) is 13.1 Å². The summed E-state index contributed by atoms with van der Waals surface area (Å²) in [5.74, 6) is -2.06. The number of pyridine rings is 1. The number of nitrogens with one attached hydrogen (secondary N) is 1. The molecule has 0 aliphatic carbocycles. The summed E-state index contributed by atoms with van der Waals surface area (Å²) in [4.78, 5) is 25.3. The van der Waals surface area contributed by atoms with Crippen LogP contribution in [0.1, 0.15) is 12.5 Å². The molecule has 0 radical (unpaired) electrons. The summed E-state index contributed by atoms with van der Waals surface area (Å²) >= 11 is 0. The predicted molar refractivity (Wildman–Crippen MR) is 60.1 cm³/mol. The van der Waals surface area contributed by atoms with Crippen LogP contribution in [0, 0.1) is 6.92 Å². The lowest BCUT2D eigenvalue weighted by molar-refractivity contribution is -0.146. The van der Waals surface area contributed by atoms with E-state index in [0.29, 0.717) is 5.82 Å². The fourth-order valence-electron chi connectivity index (χ4n) is 0.982. The first-order valence-corrected chi connectivity index (χ1v) is 4.80. The van der Waals surface area contributed by atoms with E-state index in [1.807, 2.05) is 13.0 Å². The largest absolute Gasteiger partial charge is 0.475 e. The molecule has 0 saturated heterocycles. The summed E-state index contributed by atoms with van der Waals surface area (Å²) in [6, 6.07) is 3.49. The van der Waals surface area contributed by atoms with E-state index in [0.717, 1.165) is 18.7 Å². The van der Waals surface area contributed by atoms with Gasteiger partial charge >= 0.3 is 11.9 Å². The van der Waals surface area contributed by atoms with Gasteiger partial charge in [0.1, 0.15) is 5.82 Å². The maximum absolute atomic E-state index is 10.7. The highest BCUT2D eigenvalue weighted by atomic mass is 16.6. The molecule has 0 atom stereocenters. The van der Waals surface area contributed by atoms with Crippen molar-refractivity contribution in [2.75, 3.05) is 5.32 Å². The van der Waals surface area contributed by atoms with Crippen LogP contribution in [0.15, 0.2) is 30.3 Å². The van der Waals surface area contributed by atoms with Crippen molar-refractivity contribution in [2.45, 2.75) is 13.8 Å². The number of carboxylic acid groups (broad SMARTS) is 1. The molecule has 0 unspecified atom stereocenters. The van der Waals surface area contributed by atoms with Crippen molar-refractivity contribution in [3.8, 4) is 0 Å². The van der Waals surface area contributed by atoms with Gasteiger partial charge in [-0.05, 0) is 18.6 Å². The lowest BCUT2D eigenvalue weighted by atomic mass is 10.3. The maximum Gasteiger partial charge on any atom is 0.373 e. The smallest absolute Gasteiger partial charge is 0.373 e. The standard InChI is InChI=1S/C11H12N2O4/c1-7-3-4-10(12-5-7)13-6-9(11(15)16)17-8(2)14/h3-6H,1-2H3,(H,12,13)(H,15,16)/b9-6-. The van der Waals surface area contributed by atoms with Gasteiger partial charge in [0.25, 0.3) is 0 Å². The number of nitrogens with zero attached hydrogens (tertiary/aromatic N) is 1. The molecule has 1 heterocycles. The Labute approximate surface area is 97.9 Å². The number of esters is 1. The third-order valence-electron chi connectivity index (χ3n) is 1.73. The summed E-state index contributed by atoms with van der Waals surface area (Å²) in [5.41, 5.74) is 0.984. The zero-order valence-electron chi connectivity index (χ0n) is 9.43. The monoisotopic (exact) mass is 236 g/mol. The highest BCUT2D eigenvalue weighted by Gasteiger charge is 2.11. The molecule has 6 heteroatoms. The normalized spacial score (nSPS) is 10.8. The number of aryl methyl sites for hydroxylation is 1. The van der Waals surface area contributed by atoms with E-state index in [9.17, 15) is 9.59 Å². The van der Waals surface area contributed by atoms with Gasteiger partial charge in [0.2, 0.25) is 5.76 Å². The molecular weight excluding hydrogens is 224 g/mol. The maximum atomic E-state index is 10.7. The number of anilines is 1. The molecule has 0 amide bonds. The second kappa shape index (κ2) is 5.64. The first-order chi connectivity index (χ1) is 7.99. The quantitative estimate of drug-likeness (QED) is 0.465. The number of carboxylic acids is 1. The Hall–Kier alpha value is -2.37. The molecule has 0 aliphatic heterocycles.